The summed E-state index contributed by atoms with van der Waals surface area (Å²) in [6, 6.07) is 15.8. The molecule has 0 atom stereocenters. The highest BCUT2D eigenvalue weighted by Gasteiger charge is 2.06. The molecule has 0 fully saturated rings. The van der Waals surface area contributed by atoms with Crippen molar-refractivity contribution in [2.75, 3.05) is 6.54 Å². The molecule has 1 aromatic heterocycles. The molecule has 0 saturated carbocycles. The smallest absolute Gasteiger partial charge is 0.224 e. The minimum Gasteiger partial charge on any atom is -0.355 e. The van der Waals surface area contributed by atoms with E-state index in [0.717, 1.165) is 28.2 Å². The number of carbonyl (C=O) groups is 1. The van der Waals surface area contributed by atoms with E-state index in [9.17, 15) is 4.79 Å². The summed E-state index contributed by atoms with van der Waals surface area (Å²) in [5.41, 5.74) is 4.18. The van der Waals surface area contributed by atoms with Crippen LogP contribution < -0.4 is 5.32 Å². The van der Waals surface area contributed by atoms with E-state index in [1.54, 1.807) is 17.4 Å². The van der Waals surface area contributed by atoms with Gasteiger partial charge >= 0.3 is 0 Å². The van der Waals surface area contributed by atoms with Gasteiger partial charge in [-0.1, -0.05) is 54.1 Å². The number of hydrogen-bond acceptors (Lipinski definition) is 3. The molecule has 0 aliphatic rings. The van der Waals surface area contributed by atoms with Crippen LogP contribution in [0.25, 0.3) is 11.3 Å². The van der Waals surface area contributed by atoms with Gasteiger partial charge in [-0.2, -0.15) is 0 Å². The second-order valence-corrected chi connectivity index (χ2v) is 7.29. The van der Waals surface area contributed by atoms with E-state index in [-0.39, 0.29) is 5.91 Å². The molecular weight excluding hydrogens is 352 g/mol. The first-order valence-electron chi connectivity index (χ1n) is 8.13. The fourth-order valence-corrected chi connectivity index (χ4v) is 3.39. The van der Waals surface area contributed by atoms with Crippen LogP contribution in [0.3, 0.4) is 0 Å². The first-order valence-corrected chi connectivity index (χ1v) is 9.39. The number of halogens is 1. The summed E-state index contributed by atoms with van der Waals surface area (Å²) in [6.45, 7) is 2.62. The highest BCUT2D eigenvalue weighted by molar-refractivity contribution is 7.09. The summed E-state index contributed by atoms with van der Waals surface area (Å²) < 4.78 is 0. The van der Waals surface area contributed by atoms with Gasteiger partial charge in [-0.3, -0.25) is 4.79 Å². The molecule has 3 aromatic rings. The van der Waals surface area contributed by atoms with Gasteiger partial charge in [0.2, 0.25) is 5.91 Å². The van der Waals surface area contributed by atoms with E-state index >= 15 is 0 Å². The van der Waals surface area contributed by atoms with Gasteiger partial charge in [-0.25, -0.2) is 4.98 Å². The Morgan fingerprint density at radius 1 is 1.16 bits per heavy atom. The maximum atomic E-state index is 12.0. The predicted octanol–water partition coefficient (Wildman–Crippen LogP) is 4.67. The minimum absolute atomic E-state index is 0.0114. The third-order valence-electron chi connectivity index (χ3n) is 3.91. The Morgan fingerprint density at radius 2 is 1.92 bits per heavy atom. The van der Waals surface area contributed by atoms with Crippen molar-refractivity contribution in [1.29, 1.82) is 0 Å². The highest BCUT2D eigenvalue weighted by atomic mass is 35.5. The van der Waals surface area contributed by atoms with Gasteiger partial charge in [-0.05, 0) is 30.5 Å². The molecule has 2 aromatic carbocycles. The van der Waals surface area contributed by atoms with Gasteiger partial charge in [0.05, 0.1) is 17.1 Å². The summed E-state index contributed by atoms with van der Waals surface area (Å²) >= 11 is 7.73. The van der Waals surface area contributed by atoms with Gasteiger partial charge in [0.25, 0.3) is 0 Å². The number of aromatic nitrogens is 1. The summed E-state index contributed by atoms with van der Waals surface area (Å²) in [6.07, 6.45) is 1.10. The molecule has 3 nitrogen and oxygen atoms in total. The molecule has 1 amide bonds. The summed E-state index contributed by atoms with van der Waals surface area (Å²) in [5, 5.41) is 6.72. The average molecular weight is 371 g/mol. The summed E-state index contributed by atoms with van der Waals surface area (Å²) in [4.78, 5) is 16.5. The predicted molar refractivity (Wildman–Crippen MR) is 104 cm³/mol. The van der Waals surface area contributed by atoms with Crippen LogP contribution in [0.15, 0.2) is 53.9 Å². The van der Waals surface area contributed by atoms with E-state index in [2.05, 4.69) is 39.9 Å². The van der Waals surface area contributed by atoms with Crippen LogP contribution in [0.2, 0.25) is 5.02 Å². The first kappa shape index (κ1) is 17.6. The van der Waals surface area contributed by atoms with Crippen LogP contribution in [-0.4, -0.2) is 17.4 Å². The zero-order valence-electron chi connectivity index (χ0n) is 14.0. The Balaban J connectivity index is 1.49. The third kappa shape index (κ3) is 4.91. The standard InChI is InChI=1S/C20H19ClN2OS/c1-14-23-19(13-25-14)16-8-6-15(7-9-16)10-11-22-20(24)12-17-4-2-3-5-18(17)21/h2-9,13H,10-12H2,1H3,(H,22,24). The topological polar surface area (TPSA) is 42.0 Å². The molecule has 1 heterocycles. The Bertz CT molecular complexity index is 858. The van der Waals surface area contributed by atoms with Crippen LogP contribution >= 0.6 is 22.9 Å². The molecule has 5 heteroatoms. The maximum absolute atomic E-state index is 12.0. The number of aryl methyl sites for hydroxylation is 1. The second-order valence-electron chi connectivity index (χ2n) is 5.82. The van der Waals surface area contributed by atoms with Gasteiger partial charge in [0.15, 0.2) is 0 Å². The van der Waals surface area contributed by atoms with Crippen LogP contribution in [0.1, 0.15) is 16.1 Å². The van der Waals surface area contributed by atoms with Crippen molar-refractivity contribution in [1.82, 2.24) is 10.3 Å². The van der Waals surface area contributed by atoms with Crippen LogP contribution in [0, 0.1) is 6.92 Å². The molecule has 25 heavy (non-hydrogen) atoms. The summed E-state index contributed by atoms with van der Waals surface area (Å²) in [5.74, 6) is -0.0114. The molecule has 0 saturated heterocycles. The van der Waals surface area contributed by atoms with E-state index in [1.807, 2.05) is 25.1 Å². The zero-order valence-corrected chi connectivity index (χ0v) is 15.5. The van der Waals surface area contributed by atoms with Crippen molar-refractivity contribution in [2.45, 2.75) is 19.8 Å². The van der Waals surface area contributed by atoms with E-state index in [1.165, 1.54) is 5.56 Å². The molecule has 0 unspecified atom stereocenters. The lowest BCUT2D eigenvalue weighted by atomic mass is 10.1. The highest BCUT2D eigenvalue weighted by Crippen LogP contribution is 2.21. The monoisotopic (exact) mass is 370 g/mol. The first-order chi connectivity index (χ1) is 12.1. The zero-order chi connectivity index (χ0) is 17.6. The van der Waals surface area contributed by atoms with Gasteiger partial charge < -0.3 is 5.32 Å². The molecule has 3 rings (SSSR count). The number of hydrogen-bond donors (Lipinski definition) is 1. The Hall–Kier alpha value is -2.17. The SMILES string of the molecule is Cc1nc(-c2ccc(CCNC(=O)Cc3ccccc3Cl)cc2)cs1. The lowest BCUT2D eigenvalue weighted by Crippen LogP contribution is -2.27. The molecule has 0 radical (unpaired) electrons. The molecule has 0 aliphatic heterocycles. The fourth-order valence-electron chi connectivity index (χ4n) is 2.56. The van der Waals surface area contributed by atoms with Crippen molar-refractivity contribution in [3.05, 3.63) is 75.1 Å². The maximum Gasteiger partial charge on any atom is 0.224 e. The Labute approximate surface area is 156 Å². The number of nitrogens with zero attached hydrogens (tertiary/aromatic N) is 1. The van der Waals surface area contributed by atoms with Crippen molar-refractivity contribution in [3.63, 3.8) is 0 Å². The molecule has 1 N–H and O–H groups in total. The quantitative estimate of drug-likeness (QED) is 0.684. The fraction of sp³-hybridized carbons (Fsp3) is 0.200. The molecule has 128 valence electrons. The van der Waals surface area contributed by atoms with Crippen molar-refractivity contribution in [3.8, 4) is 11.3 Å². The largest absolute Gasteiger partial charge is 0.355 e. The molecule has 0 bridgehead atoms. The number of amides is 1. The average Bonchev–Trinajstić information content (AvgIpc) is 3.04. The minimum atomic E-state index is -0.0114. The Kier molecular flexibility index (Phi) is 5.84. The lowest BCUT2D eigenvalue weighted by molar-refractivity contribution is -0.120. The summed E-state index contributed by atoms with van der Waals surface area (Å²) in [7, 11) is 0. The number of benzene rings is 2. The van der Waals surface area contributed by atoms with Crippen molar-refractivity contribution < 1.29 is 4.79 Å². The second kappa shape index (κ2) is 8.28. The van der Waals surface area contributed by atoms with Crippen LogP contribution in [-0.2, 0) is 17.6 Å². The van der Waals surface area contributed by atoms with Crippen LogP contribution in [0.4, 0.5) is 0 Å². The van der Waals surface area contributed by atoms with Gasteiger partial charge in [0.1, 0.15) is 0 Å². The van der Waals surface area contributed by atoms with Crippen molar-refractivity contribution >= 4 is 28.8 Å². The lowest BCUT2D eigenvalue weighted by Gasteiger charge is -2.07. The molecular formula is C20H19ClN2OS. The van der Waals surface area contributed by atoms with Crippen LogP contribution in [0.5, 0.6) is 0 Å². The molecule has 0 spiro atoms. The van der Waals surface area contributed by atoms with E-state index in [0.29, 0.717) is 18.0 Å². The van der Waals surface area contributed by atoms with Crippen molar-refractivity contribution in [2.24, 2.45) is 0 Å². The number of nitrogens with one attached hydrogen (secondary N) is 1. The number of carbonyl (C=O) groups excluding carboxylic acids is 1. The third-order valence-corrected chi connectivity index (χ3v) is 5.06. The van der Waals surface area contributed by atoms with Gasteiger partial charge in [0, 0.05) is 22.5 Å². The molecule has 0 aliphatic carbocycles. The van der Waals surface area contributed by atoms with E-state index in [4.69, 9.17) is 11.6 Å². The Morgan fingerprint density at radius 3 is 2.60 bits per heavy atom. The van der Waals surface area contributed by atoms with Gasteiger partial charge in [-0.15, -0.1) is 11.3 Å². The number of thiazole rings is 1. The normalized spacial score (nSPS) is 10.6. The number of rotatable bonds is 6. The van der Waals surface area contributed by atoms with E-state index < -0.39 is 0 Å².